The Bertz CT molecular complexity index is 578. The van der Waals surface area contributed by atoms with E-state index in [0.717, 1.165) is 30.2 Å². The maximum absolute atomic E-state index is 12.6. The molecule has 0 saturated heterocycles. The summed E-state index contributed by atoms with van der Waals surface area (Å²) in [5.41, 5.74) is -0.324. The molecule has 0 aliphatic carbocycles. The zero-order chi connectivity index (χ0) is 14.8. The number of anilines is 1. The van der Waals surface area contributed by atoms with Crippen LogP contribution in [0.2, 0.25) is 0 Å². The van der Waals surface area contributed by atoms with Gasteiger partial charge in [-0.05, 0) is 18.1 Å². The lowest BCUT2D eigenvalue weighted by Crippen LogP contribution is -2.07. The summed E-state index contributed by atoms with van der Waals surface area (Å²) in [4.78, 5) is 4.20. The van der Waals surface area contributed by atoms with Crippen LogP contribution in [0.5, 0.6) is 0 Å². The highest BCUT2D eigenvalue weighted by atomic mass is 32.1. The summed E-state index contributed by atoms with van der Waals surface area (Å²) in [5, 5.41) is 3.72. The van der Waals surface area contributed by atoms with Crippen LogP contribution in [0, 0.1) is 5.92 Å². The van der Waals surface area contributed by atoms with Gasteiger partial charge in [0, 0.05) is 23.6 Å². The molecule has 0 radical (unpaired) electrons. The number of hydrogen-bond acceptors (Lipinski definition) is 4. The number of nitrogens with zero attached hydrogens (tertiary/aromatic N) is 2. The molecular weight excluding hydrogens is 287 g/mol. The fourth-order valence-electron chi connectivity index (χ4n) is 1.54. The number of rotatable bonds is 4. The molecule has 0 unspecified atom stereocenters. The van der Waals surface area contributed by atoms with Gasteiger partial charge in [-0.25, -0.2) is 0 Å². The Labute approximate surface area is 119 Å². The molecule has 0 spiro atoms. The molecule has 108 valence electrons. The van der Waals surface area contributed by atoms with Crippen molar-refractivity contribution in [3.8, 4) is 11.4 Å². The van der Waals surface area contributed by atoms with E-state index in [4.69, 9.17) is 0 Å². The van der Waals surface area contributed by atoms with Crippen LogP contribution in [0.4, 0.5) is 18.3 Å². The zero-order valence-corrected chi connectivity index (χ0v) is 11.8. The molecule has 3 nitrogen and oxygen atoms in total. The summed E-state index contributed by atoms with van der Waals surface area (Å²) in [7, 11) is 0. The average Bonchev–Trinajstić information content (AvgIpc) is 2.84. The summed E-state index contributed by atoms with van der Waals surface area (Å²) in [6, 6.07) is 5.03. The first-order valence-electron chi connectivity index (χ1n) is 6.11. The van der Waals surface area contributed by atoms with Gasteiger partial charge in [0.05, 0.1) is 5.56 Å². The van der Waals surface area contributed by atoms with E-state index < -0.39 is 11.7 Å². The molecule has 0 atom stereocenters. The second kappa shape index (κ2) is 5.78. The molecule has 7 heteroatoms. The molecule has 1 heterocycles. The molecule has 0 aliphatic heterocycles. The van der Waals surface area contributed by atoms with E-state index >= 15 is 0 Å². The first-order chi connectivity index (χ1) is 9.36. The van der Waals surface area contributed by atoms with Crippen molar-refractivity contribution in [2.24, 2.45) is 5.92 Å². The number of nitrogens with one attached hydrogen (secondary N) is 1. The number of aromatic nitrogens is 2. The van der Waals surface area contributed by atoms with Gasteiger partial charge in [-0.1, -0.05) is 26.0 Å². The highest BCUT2D eigenvalue weighted by Crippen LogP contribution is 2.32. The molecule has 20 heavy (non-hydrogen) atoms. The van der Waals surface area contributed by atoms with Crippen molar-refractivity contribution in [1.29, 1.82) is 0 Å². The molecule has 0 fully saturated rings. The highest BCUT2D eigenvalue weighted by molar-refractivity contribution is 7.09. The van der Waals surface area contributed by atoms with Gasteiger partial charge in [0.15, 0.2) is 5.82 Å². The normalized spacial score (nSPS) is 11.9. The maximum Gasteiger partial charge on any atom is 0.416 e. The van der Waals surface area contributed by atoms with Crippen LogP contribution >= 0.6 is 11.5 Å². The van der Waals surface area contributed by atoms with Gasteiger partial charge in [0.2, 0.25) is 5.13 Å². The van der Waals surface area contributed by atoms with Crippen LogP contribution < -0.4 is 5.32 Å². The van der Waals surface area contributed by atoms with Crippen molar-refractivity contribution < 1.29 is 13.2 Å². The van der Waals surface area contributed by atoms with Gasteiger partial charge in [0.25, 0.3) is 0 Å². The Hall–Kier alpha value is -1.63. The fourth-order valence-corrected chi connectivity index (χ4v) is 2.13. The van der Waals surface area contributed by atoms with Crippen molar-refractivity contribution in [3.05, 3.63) is 29.8 Å². The van der Waals surface area contributed by atoms with Crippen molar-refractivity contribution in [1.82, 2.24) is 9.36 Å². The Morgan fingerprint density at radius 3 is 2.70 bits per heavy atom. The monoisotopic (exact) mass is 301 g/mol. The van der Waals surface area contributed by atoms with Crippen molar-refractivity contribution in [3.63, 3.8) is 0 Å². The Morgan fingerprint density at radius 1 is 1.30 bits per heavy atom. The number of hydrogen-bond donors (Lipinski definition) is 1. The molecule has 1 aromatic carbocycles. The smallest absolute Gasteiger partial charge is 0.360 e. The summed E-state index contributed by atoms with van der Waals surface area (Å²) in [6.07, 6.45) is -4.36. The lowest BCUT2D eigenvalue weighted by atomic mass is 10.1. The molecule has 0 bridgehead atoms. The molecule has 0 amide bonds. The van der Waals surface area contributed by atoms with Gasteiger partial charge in [-0.2, -0.15) is 22.5 Å². The van der Waals surface area contributed by atoms with Gasteiger partial charge < -0.3 is 5.32 Å². The summed E-state index contributed by atoms with van der Waals surface area (Å²) >= 11 is 1.15. The fraction of sp³-hybridized carbons (Fsp3) is 0.385. The molecular formula is C13H14F3N3S. The number of alkyl halides is 3. The predicted molar refractivity (Wildman–Crippen MR) is 73.7 cm³/mol. The van der Waals surface area contributed by atoms with E-state index in [1.807, 2.05) is 0 Å². The van der Waals surface area contributed by atoms with E-state index in [9.17, 15) is 13.2 Å². The topological polar surface area (TPSA) is 37.8 Å². The summed E-state index contributed by atoms with van der Waals surface area (Å²) < 4.78 is 42.0. The molecule has 0 aliphatic rings. The highest BCUT2D eigenvalue weighted by Gasteiger charge is 2.30. The van der Waals surface area contributed by atoms with Gasteiger partial charge in [0.1, 0.15) is 0 Å². The minimum Gasteiger partial charge on any atom is -0.360 e. The van der Waals surface area contributed by atoms with E-state index in [2.05, 4.69) is 28.5 Å². The van der Waals surface area contributed by atoms with Crippen LogP contribution in [-0.2, 0) is 6.18 Å². The van der Waals surface area contributed by atoms with Crippen LogP contribution in [0.1, 0.15) is 19.4 Å². The second-order valence-corrected chi connectivity index (χ2v) is 5.53. The van der Waals surface area contributed by atoms with E-state index in [1.165, 1.54) is 6.07 Å². The van der Waals surface area contributed by atoms with Crippen LogP contribution in [0.25, 0.3) is 11.4 Å². The Morgan fingerprint density at radius 2 is 2.05 bits per heavy atom. The second-order valence-electron chi connectivity index (χ2n) is 4.78. The predicted octanol–water partition coefficient (Wildman–Crippen LogP) is 4.29. The van der Waals surface area contributed by atoms with E-state index in [-0.39, 0.29) is 0 Å². The van der Waals surface area contributed by atoms with Gasteiger partial charge in [-0.15, -0.1) is 0 Å². The third-order valence-corrected chi connectivity index (χ3v) is 3.21. The summed E-state index contributed by atoms with van der Waals surface area (Å²) in [5.74, 6) is 0.767. The third kappa shape index (κ3) is 3.69. The van der Waals surface area contributed by atoms with Crippen LogP contribution in [0.15, 0.2) is 24.3 Å². The summed E-state index contributed by atoms with van der Waals surface area (Å²) in [6.45, 7) is 4.86. The van der Waals surface area contributed by atoms with E-state index in [0.29, 0.717) is 22.4 Å². The molecule has 1 aromatic heterocycles. The average molecular weight is 301 g/mol. The Balaban J connectivity index is 2.20. The molecule has 2 rings (SSSR count). The standard InChI is InChI=1S/C13H14F3N3S/c1-8(2)7-17-12-18-11(19-20-12)9-4-3-5-10(6-9)13(14,15)16/h3-6,8H,7H2,1-2H3,(H,17,18,19). The lowest BCUT2D eigenvalue weighted by Gasteiger charge is -2.07. The quantitative estimate of drug-likeness (QED) is 0.915. The minimum atomic E-state index is -4.36. The first kappa shape index (κ1) is 14.8. The largest absolute Gasteiger partial charge is 0.416 e. The Kier molecular flexibility index (Phi) is 4.27. The van der Waals surface area contributed by atoms with Crippen molar-refractivity contribution >= 4 is 16.7 Å². The van der Waals surface area contributed by atoms with Crippen molar-refractivity contribution in [2.75, 3.05) is 11.9 Å². The lowest BCUT2D eigenvalue weighted by molar-refractivity contribution is -0.137. The van der Waals surface area contributed by atoms with Crippen LogP contribution in [-0.4, -0.2) is 15.9 Å². The van der Waals surface area contributed by atoms with Crippen LogP contribution in [0.3, 0.4) is 0 Å². The number of halogens is 3. The first-order valence-corrected chi connectivity index (χ1v) is 6.89. The molecule has 1 N–H and O–H groups in total. The SMILES string of the molecule is CC(C)CNc1nc(-c2cccc(C(F)(F)F)c2)ns1. The molecule has 0 saturated carbocycles. The minimum absolute atomic E-state index is 0.312. The van der Waals surface area contributed by atoms with Gasteiger partial charge >= 0.3 is 6.18 Å². The number of benzene rings is 1. The molecule has 2 aromatic rings. The third-order valence-electron chi connectivity index (χ3n) is 2.54. The maximum atomic E-state index is 12.6. The zero-order valence-electron chi connectivity index (χ0n) is 11.0. The van der Waals surface area contributed by atoms with Gasteiger partial charge in [-0.3, -0.25) is 0 Å². The van der Waals surface area contributed by atoms with Crippen molar-refractivity contribution in [2.45, 2.75) is 20.0 Å². The van der Waals surface area contributed by atoms with E-state index in [1.54, 1.807) is 6.07 Å².